The third kappa shape index (κ3) is 0.855. The minimum absolute atomic E-state index is 0.237. The lowest BCUT2D eigenvalue weighted by Gasteiger charge is -2.56. The average molecular weight is 176 g/mol. The van der Waals surface area contributed by atoms with E-state index in [2.05, 4.69) is 0 Å². The molecule has 1 unspecified atom stereocenters. The quantitative estimate of drug-likeness (QED) is 0.364. The summed E-state index contributed by atoms with van der Waals surface area (Å²) in [5, 5.41) is 36.9. The first kappa shape index (κ1) is 8.40. The van der Waals surface area contributed by atoms with Crippen LogP contribution >= 0.6 is 0 Å². The smallest absolute Gasteiger partial charge is 0.197 e. The molecule has 3 fully saturated rings. The molecule has 12 heavy (non-hydrogen) atoms. The number of hydrogen-bond acceptors (Lipinski definition) is 5. The molecule has 0 aromatic carbocycles. The highest BCUT2D eigenvalue weighted by atomic mass is 16.7. The second-order valence-corrected chi connectivity index (χ2v) is 3.49. The van der Waals surface area contributed by atoms with Gasteiger partial charge in [0.2, 0.25) is 0 Å². The third-order valence-corrected chi connectivity index (χ3v) is 2.76. The monoisotopic (exact) mass is 176 g/mol. The zero-order chi connectivity index (χ0) is 8.93. The number of fused-ring (bicyclic) bond motifs is 2. The van der Waals surface area contributed by atoms with E-state index in [9.17, 15) is 15.3 Å². The van der Waals surface area contributed by atoms with E-state index in [1.54, 1.807) is 0 Å². The number of aliphatic hydroxyl groups excluding tert-OH is 3. The van der Waals surface area contributed by atoms with Crippen LogP contribution in [0.3, 0.4) is 0 Å². The molecule has 2 aliphatic heterocycles. The minimum atomic E-state index is -1.57. The van der Waals surface area contributed by atoms with Crippen LogP contribution in [-0.2, 0) is 4.74 Å². The molecule has 2 saturated heterocycles. The molecule has 5 atom stereocenters. The van der Waals surface area contributed by atoms with E-state index >= 15 is 0 Å². The van der Waals surface area contributed by atoms with Crippen molar-refractivity contribution < 1.29 is 25.2 Å². The molecule has 3 rings (SSSR count). The summed E-state index contributed by atoms with van der Waals surface area (Å²) in [6.07, 6.45) is -2.43. The van der Waals surface area contributed by atoms with Gasteiger partial charge in [-0.05, 0) is 0 Å². The standard InChI is InChI=1S/C7H12O5/c8-2-3-4-1-7(11,12-4)6(10)5(3)9/h3-6,8-11H,1-2H2/t3-,4-,5+,6-,7?/m0/s1. The summed E-state index contributed by atoms with van der Waals surface area (Å²) in [5.41, 5.74) is 0. The van der Waals surface area contributed by atoms with E-state index in [0.717, 1.165) is 0 Å². The number of ether oxygens (including phenoxy) is 1. The summed E-state index contributed by atoms with van der Waals surface area (Å²) in [5.74, 6) is -2.05. The first-order valence-electron chi connectivity index (χ1n) is 3.95. The molecule has 70 valence electrons. The molecule has 5 heteroatoms. The van der Waals surface area contributed by atoms with Crippen molar-refractivity contribution in [2.75, 3.05) is 6.61 Å². The van der Waals surface area contributed by atoms with E-state index in [1.165, 1.54) is 0 Å². The van der Waals surface area contributed by atoms with Gasteiger partial charge in [0.15, 0.2) is 5.79 Å². The summed E-state index contributed by atoms with van der Waals surface area (Å²) in [6.45, 7) is -0.237. The van der Waals surface area contributed by atoms with Gasteiger partial charge in [0.05, 0.1) is 18.8 Å². The summed E-state index contributed by atoms with van der Waals surface area (Å²) in [4.78, 5) is 0. The van der Waals surface area contributed by atoms with Crippen LogP contribution in [0.1, 0.15) is 6.42 Å². The maximum atomic E-state index is 9.38. The molecule has 0 aromatic rings. The molecular formula is C7H12O5. The number of rotatable bonds is 1. The van der Waals surface area contributed by atoms with Crippen molar-refractivity contribution in [2.24, 2.45) is 5.92 Å². The lowest BCUT2D eigenvalue weighted by molar-refractivity contribution is -0.415. The Balaban J connectivity index is 2.15. The molecule has 0 radical (unpaired) electrons. The van der Waals surface area contributed by atoms with E-state index in [-0.39, 0.29) is 19.1 Å². The Morgan fingerprint density at radius 3 is 2.50 bits per heavy atom. The van der Waals surface area contributed by atoms with Crippen LogP contribution in [0.5, 0.6) is 0 Å². The molecule has 5 nitrogen and oxygen atoms in total. The van der Waals surface area contributed by atoms with Crippen molar-refractivity contribution in [2.45, 2.75) is 30.5 Å². The number of aliphatic hydroxyl groups is 4. The summed E-state index contributed by atoms with van der Waals surface area (Å²) in [6, 6.07) is 0. The Morgan fingerprint density at radius 1 is 1.42 bits per heavy atom. The third-order valence-electron chi connectivity index (χ3n) is 2.76. The highest BCUT2D eigenvalue weighted by Crippen LogP contribution is 2.45. The highest BCUT2D eigenvalue weighted by molar-refractivity contribution is 5.05. The Hall–Kier alpha value is -0.200. The lowest BCUT2D eigenvalue weighted by Crippen LogP contribution is -2.72. The van der Waals surface area contributed by atoms with Crippen LogP contribution in [0.25, 0.3) is 0 Å². The predicted molar refractivity (Wildman–Crippen MR) is 37.0 cm³/mol. The molecule has 1 aliphatic carbocycles. The van der Waals surface area contributed by atoms with Crippen LogP contribution in [0.4, 0.5) is 0 Å². The van der Waals surface area contributed by atoms with Gasteiger partial charge in [-0.15, -0.1) is 0 Å². The normalized spacial score (nSPS) is 58.0. The van der Waals surface area contributed by atoms with Gasteiger partial charge >= 0.3 is 0 Å². The molecule has 4 N–H and O–H groups in total. The van der Waals surface area contributed by atoms with Crippen LogP contribution < -0.4 is 0 Å². The SMILES string of the molecule is OC[C@@H]1[C@@H](O)[C@H](O)C2(O)C[C@@H]1O2. The van der Waals surface area contributed by atoms with E-state index < -0.39 is 23.9 Å². The van der Waals surface area contributed by atoms with E-state index in [1.807, 2.05) is 0 Å². The zero-order valence-electron chi connectivity index (χ0n) is 6.42. The molecule has 0 amide bonds. The first-order chi connectivity index (χ1) is 5.58. The largest absolute Gasteiger partial charge is 0.396 e. The average Bonchev–Trinajstić information content (AvgIpc) is 1.98. The maximum Gasteiger partial charge on any atom is 0.197 e. The fraction of sp³-hybridized carbons (Fsp3) is 1.00. The first-order valence-corrected chi connectivity index (χ1v) is 3.95. The van der Waals surface area contributed by atoms with Gasteiger partial charge in [0, 0.05) is 12.3 Å². The van der Waals surface area contributed by atoms with Crippen LogP contribution in [-0.4, -0.2) is 51.1 Å². The summed E-state index contributed by atoms with van der Waals surface area (Å²) < 4.78 is 4.93. The second kappa shape index (κ2) is 2.40. The van der Waals surface area contributed by atoms with Crippen molar-refractivity contribution in [3.05, 3.63) is 0 Å². The van der Waals surface area contributed by atoms with Crippen LogP contribution in [0.2, 0.25) is 0 Å². The molecule has 2 heterocycles. The van der Waals surface area contributed by atoms with Gasteiger partial charge in [-0.25, -0.2) is 0 Å². The van der Waals surface area contributed by atoms with E-state index in [0.29, 0.717) is 0 Å². The molecular weight excluding hydrogens is 164 g/mol. The highest BCUT2D eigenvalue weighted by Gasteiger charge is 2.61. The van der Waals surface area contributed by atoms with Gasteiger partial charge in [-0.3, -0.25) is 0 Å². The van der Waals surface area contributed by atoms with Crippen LogP contribution in [0, 0.1) is 5.92 Å². The molecule has 3 aliphatic rings. The van der Waals surface area contributed by atoms with Crippen molar-refractivity contribution in [1.82, 2.24) is 0 Å². The van der Waals surface area contributed by atoms with Crippen molar-refractivity contribution in [3.8, 4) is 0 Å². The van der Waals surface area contributed by atoms with E-state index in [4.69, 9.17) is 9.84 Å². The predicted octanol–water partition coefficient (Wildman–Crippen LogP) is -2.19. The fourth-order valence-corrected chi connectivity index (χ4v) is 1.92. The molecule has 0 aromatic heterocycles. The molecule has 0 spiro atoms. The van der Waals surface area contributed by atoms with Gasteiger partial charge in [0.25, 0.3) is 0 Å². The van der Waals surface area contributed by atoms with Crippen molar-refractivity contribution >= 4 is 0 Å². The minimum Gasteiger partial charge on any atom is -0.396 e. The summed E-state index contributed by atoms with van der Waals surface area (Å²) >= 11 is 0. The zero-order valence-corrected chi connectivity index (χ0v) is 6.42. The van der Waals surface area contributed by atoms with Crippen LogP contribution in [0.15, 0.2) is 0 Å². The van der Waals surface area contributed by atoms with Crippen molar-refractivity contribution in [3.63, 3.8) is 0 Å². The molecule has 2 bridgehead atoms. The van der Waals surface area contributed by atoms with Crippen molar-refractivity contribution in [1.29, 1.82) is 0 Å². The fourth-order valence-electron chi connectivity index (χ4n) is 1.92. The lowest BCUT2D eigenvalue weighted by atomic mass is 9.74. The second-order valence-electron chi connectivity index (χ2n) is 3.49. The van der Waals surface area contributed by atoms with Gasteiger partial charge in [0.1, 0.15) is 6.10 Å². The summed E-state index contributed by atoms with van der Waals surface area (Å²) in [7, 11) is 0. The Bertz CT molecular complexity index is 186. The Labute approximate surface area is 69.2 Å². The Morgan fingerprint density at radius 2 is 2.00 bits per heavy atom. The van der Waals surface area contributed by atoms with Gasteiger partial charge in [-0.1, -0.05) is 0 Å². The van der Waals surface area contributed by atoms with Gasteiger partial charge in [-0.2, -0.15) is 0 Å². The Kier molecular flexibility index (Phi) is 1.68. The molecule has 1 saturated carbocycles. The van der Waals surface area contributed by atoms with Gasteiger partial charge < -0.3 is 25.2 Å². The maximum absolute atomic E-state index is 9.38. The topological polar surface area (TPSA) is 90.2 Å². The number of hydrogen-bond donors (Lipinski definition) is 4.